The molecule has 0 aromatic carbocycles. The fraction of sp³-hybridized carbons (Fsp3) is 0.650. The second-order valence-corrected chi connectivity index (χ2v) is 9.23. The SMILES string of the molecule is CC1CCc2c(sc3nc(CCC(=O)NC4CCCC4CN)[nH]c(=O)c23)C1. The van der Waals surface area contributed by atoms with Crippen molar-refractivity contribution < 1.29 is 4.79 Å². The molecule has 1 fully saturated rings. The smallest absolute Gasteiger partial charge is 0.259 e. The third-order valence-corrected chi connectivity index (χ3v) is 7.26. The highest BCUT2D eigenvalue weighted by molar-refractivity contribution is 7.18. The maximum absolute atomic E-state index is 12.6. The molecule has 2 aromatic heterocycles. The second kappa shape index (κ2) is 7.72. The molecule has 2 aliphatic rings. The van der Waals surface area contributed by atoms with Gasteiger partial charge in [0.15, 0.2) is 0 Å². The third-order valence-electron chi connectivity index (χ3n) is 6.11. The predicted octanol–water partition coefficient (Wildman–Crippen LogP) is 2.29. The van der Waals surface area contributed by atoms with Crippen molar-refractivity contribution in [1.29, 1.82) is 0 Å². The maximum Gasteiger partial charge on any atom is 0.259 e. The van der Waals surface area contributed by atoms with Gasteiger partial charge in [0.2, 0.25) is 5.91 Å². The number of thiophene rings is 1. The molecule has 1 saturated carbocycles. The Kier molecular flexibility index (Phi) is 5.32. The van der Waals surface area contributed by atoms with Gasteiger partial charge in [-0.2, -0.15) is 0 Å². The Morgan fingerprint density at radius 1 is 1.37 bits per heavy atom. The van der Waals surface area contributed by atoms with E-state index < -0.39 is 0 Å². The highest BCUT2D eigenvalue weighted by Crippen LogP contribution is 2.35. The van der Waals surface area contributed by atoms with Crippen LogP contribution in [0, 0.1) is 11.8 Å². The van der Waals surface area contributed by atoms with Crippen LogP contribution >= 0.6 is 11.3 Å². The number of hydrogen-bond acceptors (Lipinski definition) is 5. The minimum absolute atomic E-state index is 0.0161. The molecular weight excluding hydrogens is 360 g/mol. The van der Waals surface area contributed by atoms with Crippen LogP contribution in [0.2, 0.25) is 0 Å². The Balaban J connectivity index is 1.45. The molecule has 1 amide bonds. The second-order valence-electron chi connectivity index (χ2n) is 8.15. The number of nitrogens with one attached hydrogen (secondary N) is 2. The molecule has 3 atom stereocenters. The van der Waals surface area contributed by atoms with Crippen LogP contribution in [0.25, 0.3) is 10.2 Å². The van der Waals surface area contributed by atoms with E-state index in [2.05, 4.69) is 22.2 Å². The normalized spacial score (nSPS) is 24.9. The van der Waals surface area contributed by atoms with Crippen LogP contribution in [0.3, 0.4) is 0 Å². The first-order valence-electron chi connectivity index (χ1n) is 10.1. The summed E-state index contributed by atoms with van der Waals surface area (Å²) < 4.78 is 0. The van der Waals surface area contributed by atoms with E-state index in [0.29, 0.717) is 37.0 Å². The summed E-state index contributed by atoms with van der Waals surface area (Å²) in [6, 6.07) is 0.197. The summed E-state index contributed by atoms with van der Waals surface area (Å²) in [6.45, 7) is 2.88. The molecule has 4 rings (SSSR count). The van der Waals surface area contributed by atoms with Gasteiger partial charge in [-0.05, 0) is 56.0 Å². The van der Waals surface area contributed by atoms with Gasteiger partial charge in [0, 0.05) is 23.8 Å². The van der Waals surface area contributed by atoms with Crippen molar-refractivity contribution in [2.45, 2.75) is 64.3 Å². The summed E-state index contributed by atoms with van der Waals surface area (Å²) in [6.07, 6.45) is 7.15. The van der Waals surface area contributed by atoms with Gasteiger partial charge in [-0.1, -0.05) is 13.3 Å². The number of carbonyl (C=O) groups is 1. The van der Waals surface area contributed by atoms with Crippen molar-refractivity contribution in [2.24, 2.45) is 17.6 Å². The average Bonchev–Trinajstić information content (AvgIpc) is 3.23. The number of aryl methyl sites for hydroxylation is 2. The minimum atomic E-state index is -0.0542. The quantitative estimate of drug-likeness (QED) is 0.731. The van der Waals surface area contributed by atoms with E-state index in [4.69, 9.17) is 5.73 Å². The molecule has 146 valence electrons. The number of aromatic amines is 1. The van der Waals surface area contributed by atoms with E-state index in [9.17, 15) is 9.59 Å². The number of aromatic nitrogens is 2. The molecule has 0 aliphatic heterocycles. The first-order valence-corrected chi connectivity index (χ1v) is 10.9. The molecule has 2 aromatic rings. The molecule has 0 radical (unpaired) electrons. The van der Waals surface area contributed by atoms with Gasteiger partial charge in [0.25, 0.3) is 5.56 Å². The van der Waals surface area contributed by atoms with Crippen LogP contribution in [0.1, 0.15) is 55.3 Å². The van der Waals surface area contributed by atoms with Crippen LogP contribution in [0.15, 0.2) is 4.79 Å². The molecule has 2 heterocycles. The van der Waals surface area contributed by atoms with Crippen molar-refractivity contribution in [1.82, 2.24) is 15.3 Å². The summed E-state index contributed by atoms with van der Waals surface area (Å²) in [4.78, 5) is 34.6. The van der Waals surface area contributed by atoms with Gasteiger partial charge in [-0.25, -0.2) is 4.98 Å². The lowest BCUT2D eigenvalue weighted by Crippen LogP contribution is -2.40. The van der Waals surface area contributed by atoms with Crippen LogP contribution < -0.4 is 16.6 Å². The monoisotopic (exact) mass is 388 g/mol. The molecule has 4 N–H and O–H groups in total. The summed E-state index contributed by atoms with van der Waals surface area (Å²) >= 11 is 1.65. The third kappa shape index (κ3) is 3.80. The fourth-order valence-corrected chi connectivity index (χ4v) is 5.93. The largest absolute Gasteiger partial charge is 0.353 e. The number of H-pyrrole nitrogens is 1. The molecule has 0 spiro atoms. The van der Waals surface area contributed by atoms with Crippen molar-refractivity contribution >= 4 is 27.5 Å². The predicted molar refractivity (Wildman–Crippen MR) is 108 cm³/mol. The molecule has 0 saturated heterocycles. The number of fused-ring (bicyclic) bond motifs is 3. The van der Waals surface area contributed by atoms with E-state index >= 15 is 0 Å². The van der Waals surface area contributed by atoms with Gasteiger partial charge in [0.1, 0.15) is 10.7 Å². The topological polar surface area (TPSA) is 101 Å². The number of rotatable bonds is 5. The van der Waals surface area contributed by atoms with Crippen molar-refractivity contribution in [3.8, 4) is 0 Å². The van der Waals surface area contributed by atoms with E-state index in [0.717, 1.165) is 48.7 Å². The highest BCUT2D eigenvalue weighted by atomic mass is 32.1. The van der Waals surface area contributed by atoms with Gasteiger partial charge in [-0.15, -0.1) is 11.3 Å². The molecule has 27 heavy (non-hydrogen) atoms. The maximum atomic E-state index is 12.6. The van der Waals surface area contributed by atoms with Gasteiger partial charge < -0.3 is 16.0 Å². The molecule has 3 unspecified atom stereocenters. The Hall–Kier alpha value is -1.73. The van der Waals surface area contributed by atoms with E-state index in [1.807, 2.05) is 0 Å². The van der Waals surface area contributed by atoms with Gasteiger partial charge in [0.05, 0.1) is 5.39 Å². The average molecular weight is 389 g/mol. The zero-order chi connectivity index (χ0) is 19.0. The minimum Gasteiger partial charge on any atom is -0.353 e. The zero-order valence-corrected chi connectivity index (χ0v) is 16.7. The lowest BCUT2D eigenvalue weighted by Gasteiger charge is -2.19. The molecule has 0 bridgehead atoms. The van der Waals surface area contributed by atoms with Crippen molar-refractivity contribution in [2.75, 3.05) is 6.54 Å². The first kappa shape index (κ1) is 18.6. The number of amides is 1. The van der Waals surface area contributed by atoms with Crippen LogP contribution in [-0.2, 0) is 24.1 Å². The lowest BCUT2D eigenvalue weighted by atomic mass is 9.89. The van der Waals surface area contributed by atoms with Crippen LogP contribution in [-0.4, -0.2) is 28.5 Å². The zero-order valence-electron chi connectivity index (χ0n) is 15.8. The Morgan fingerprint density at radius 2 is 2.22 bits per heavy atom. The number of carbonyl (C=O) groups excluding carboxylic acids is 1. The number of hydrogen-bond donors (Lipinski definition) is 3. The standard InChI is InChI=1S/C20H28N4O2S/c1-11-5-6-13-15(9-11)27-20-18(13)19(26)23-16(24-20)7-8-17(25)22-14-4-2-3-12(14)10-21/h11-12,14H,2-10,21H2,1H3,(H,22,25)(H,23,24,26). The molecule has 2 aliphatic carbocycles. The van der Waals surface area contributed by atoms with Crippen LogP contribution in [0.4, 0.5) is 0 Å². The number of nitrogens with zero attached hydrogens (tertiary/aromatic N) is 1. The van der Waals surface area contributed by atoms with Crippen molar-refractivity contribution in [3.05, 3.63) is 26.6 Å². The Labute approximate surface area is 163 Å². The van der Waals surface area contributed by atoms with Gasteiger partial charge >= 0.3 is 0 Å². The first-order chi connectivity index (χ1) is 13.0. The summed E-state index contributed by atoms with van der Waals surface area (Å²) in [5.74, 6) is 1.68. The van der Waals surface area contributed by atoms with Crippen LogP contribution in [0.5, 0.6) is 0 Å². The van der Waals surface area contributed by atoms with E-state index in [1.165, 1.54) is 10.4 Å². The Morgan fingerprint density at radius 3 is 3.04 bits per heavy atom. The number of nitrogens with two attached hydrogens (primary N) is 1. The van der Waals surface area contributed by atoms with E-state index in [-0.39, 0.29) is 17.5 Å². The Bertz CT molecular complexity index is 903. The van der Waals surface area contributed by atoms with E-state index in [1.54, 1.807) is 11.3 Å². The molecule has 6 nitrogen and oxygen atoms in total. The fourth-order valence-electron chi connectivity index (χ4n) is 4.53. The van der Waals surface area contributed by atoms with Gasteiger partial charge in [-0.3, -0.25) is 9.59 Å². The summed E-state index contributed by atoms with van der Waals surface area (Å²) in [7, 11) is 0. The molecule has 7 heteroatoms. The van der Waals surface area contributed by atoms with Crippen molar-refractivity contribution in [3.63, 3.8) is 0 Å². The highest BCUT2D eigenvalue weighted by Gasteiger charge is 2.27. The summed E-state index contributed by atoms with van der Waals surface area (Å²) in [5.41, 5.74) is 6.92. The summed E-state index contributed by atoms with van der Waals surface area (Å²) in [5, 5.41) is 3.88. The lowest BCUT2D eigenvalue weighted by molar-refractivity contribution is -0.122. The molecular formula is C20H28N4O2S.